The van der Waals surface area contributed by atoms with Gasteiger partial charge in [-0.15, -0.1) is 0 Å². The van der Waals surface area contributed by atoms with Crippen molar-refractivity contribution < 1.29 is 0 Å². The fraction of sp³-hybridized carbons (Fsp3) is 0.444. The summed E-state index contributed by atoms with van der Waals surface area (Å²) in [6.07, 6.45) is 2.28. The number of aryl methyl sites for hydroxylation is 1. The molecule has 1 heterocycles. The van der Waals surface area contributed by atoms with Crippen molar-refractivity contribution in [2.75, 3.05) is 6.54 Å². The second-order valence-corrected chi connectivity index (χ2v) is 7.77. The summed E-state index contributed by atoms with van der Waals surface area (Å²) >= 11 is 7.78. The minimum atomic E-state index is 0.146. The van der Waals surface area contributed by atoms with Crippen LogP contribution in [0.3, 0.4) is 0 Å². The Bertz CT molecular complexity index is 525. The third-order valence-corrected chi connectivity index (χ3v) is 4.57. The summed E-state index contributed by atoms with van der Waals surface area (Å²) in [5.74, 6) is 0.515. The Hall–Kier alpha value is -0.830. The van der Waals surface area contributed by atoms with E-state index in [4.69, 9.17) is 11.6 Å². The van der Waals surface area contributed by atoms with E-state index >= 15 is 0 Å². The number of hydrogen-bond acceptors (Lipinski definition) is 2. The van der Waals surface area contributed by atoms with Crippen molar-refractivity contribution in [2.24, 2.45) is 0 Å². The van der Waals surface area contributed by atoms with E-state index < -0.39 is 0 Å². The third kappa shape index (κ3) is 5.82. The molecule has 0 radical (unpaired) electrons. The summed E-state index contributed by atoms with van der Waals surface area (Å²) in [5.41, 5.74) is 2.95. The van der Waals surface area contributed by atoms with Crippen LogP contribution in [0.15, 0.2) is 41.1 Å². The van der Waals surface area contributed by atoms with E-state index in [1.54, 1.807) is 11.3 Å². The molecular weight excluding hydrogens is 298 g/mol. The molecule has 0 aliphatic heterocycles. The Morgan fingerprint density at radius 3 is 2.43 bits per heavy atom. The molecule has 2 rings (SSSR count). The Kier molecular flexibility index (Phi) is 5.86. The second kappa shape index (κ2) is 7.44. The molecule has 0 aliphatic rings. The minimum Gasteiger partial charge on any atom is -0.311 e. The summed E-state index contributed by atoms with van der Waals surface area (Å²) in [6, 6.07) is 10.5. The zero-order valence-electron chi connectivity index (χ0n) is 13.0. The van der Waals surface area contributed by atoms with Gasteiger partial charge < -0.3 is 5.32 Å². The highest BCUT2D eigenvalue weighted by atomic mass is 35.5. The van der Waals surface area contributed by atoms with Crippen molar-refractivity contribution >= 4 is 22.9 Å². The highest BCUT2D eigenvalue weighted by Gasteiger charge is 2.16. The van der Waals surface area contributed by atoms with Gasteiger partial charge in [0.05, 0.1) is 0 Å². The molecule has 0 saturated heterocycles. The molecule has 3 heteroatoms. The topological polar surface area (TPSA) is 12.0 Å². The molecule has 0 bridgehead atoms. The number of rotatable bonds is 6. The van der Waals surface area contributed by atoms with Gasteiger partial charge in [-0.2, -0.15) is 11.3 Å². The van der Waals surface area contributed by atoms with Gasteiger partial charge in [-0.25, -0.2) is 0 Å². The summed E-state index contributed by atoms with van der Waals surface area (Å²) in [6.45, 7) is 7.63. The second-order valence-electron chi connectivity index (χ2n) is 6.55. The fourth-order valence-electron chi connectivity index (χ4n) is 2.33. The van der Waals surface area contributed by atoms with E-state index in [1.807, 2.05) is 12.1 Å². The van der Waals surface area contributed by atoms with Crippen LogP contribution in [0.1, 0.15) is 44.2 Å². The summed E-state index contributed by atoms with van der Waals surface area (Å²) < 4.78 is 0. The first-order valence-corrected chi connectivity index (χ1v) is 8.78. The van der Waals surface area contributed by atoms with Crippen LogP contribution in [0.2, 0.25) is 5.02 Å². The molecule has 2 aromatic rings. The monoisotopic (exact) mass is 321 g/mol. The zero-order chi connectivity index (χ0) is 15.3. The molecule has 0 saturated carbocycles. The van der Waals surface area contributed by atoms with Crippen LogP contribution >= 0.6 is 22.9 Å². The molecule has 1 nitrogen and oxygen atoms in total. The van der Waals surface area contributed by atoms with Crippen molar-refractivity contribution in [1.82, 2.24) is 5.32 Å². The first-order chi connectivity index (χ1) is 9.94. The molecule has 0 aliphatic carbocycles. The van der Waals surface area contributed by atoms with E-state index in [-0.39, 0.29) is 5.54 Å². The first-order valence-electron chi connectivity index (χ1n) is 7.45. The normalized spacial score (nSPS) is 13.3. The van der Waals surface area contributed by atoms with Crippen LogP contribution < -0.4 is 5.32 Å². The van der Waals surface area contributed by atoms with Crippen molar-refractivity contribution in [3.63, 3.8) is 0 Å². The lowest BCUT2D eigenvalue weighted by Crippen LogP contribution is -2.38. The summed E-state index contributed by atoms with van der Waals surface area (Å²) in [5, 5.41) is 8.84. The van der Waals surface area contributed by atoms with E-state index in [1.165, 1.54) is 11.1 Å². The Morgan fingerprint density at radius 2 is 1.86 bits per heavy atom. The van der Waals surface area contributed by atoms with E-state index in [2.05, 4.69) is 55.0 Å². The third-order valence-electron chi connectivity index (χ3n) is 3.58. The molecule has 1 atom stereocenters. The van der Waals surface area contributed by atoms with E-state index in [0.29, 0.717) is 5.92 Å². The minimum absolute atomic E-state index is 0.146. The van der Waals surface area contributed by atoms with Crippen molar-refractivity contribution in [3.05, 3.63) is 57.2 Å². The molecule has 0 amide bonds. The number of nitrogens with one attached hydrogen (secondary N) is 1. The largest absolute Gasteiger partial charge is 0.311 e. The average Bonchev–Trinajstić information content (AvgIpc) is 2.92. The molecular formula is C18H24ClNS. The van der Waals surface area contributed by atoms with Crippen LogP contribution in [0.5, 0.6) is 0 Å². The lowest BCUT2D eigenvalue weighted by Gasteiger charge is -2.25. The SMILES string of the molecule is CC(C)(C)NCC(CCc1ccsc1)c1ccc(Cl)cc1. The molecule has 0 spiro atoms. The number of halogens is 1. The number of hydrogen-bond donors (Lipinski definition) is 1. The maximum Gasteiger partial charge on any atom is 0.0406 e. The predicted molar refractivity (Wildman–Crippen MR) is 94.6 cm³/mol. The lowest BCUT2D eigenvalue weighted by molar-refractivity contribution is 0.399. The summed E-state index contributed by atoms with van der Waals surface area (Å²) in [7, 11) is 0. The van der Waals surface area contributed by atoms with Gasteiger partial charge in [0.25, 0.3) is 0 Å². The van der Waals surface area contributed by atoms with Crippen LogP contribution in [-0.2, 0) is 6.42 Å². The van der Waals surface area contributed by atoms with Gasteiger partial charge >= 0.3 is 0 Å². The standard InChI is InChI=1S/C18H24ClNS/c1-18(2,3)20-12-16(5-4-14-10-11-21-13-14)15-6-8-17(19)9-7-15/h6-11,13,16,20H,4-5,12H2,1-3H3. The molecule has 1 N–H and O–H groups in total. The van der Waals surface area contributed by atoms with Gasteiger partial charge in [0.1, 0.15) is 0 Å². The molecule has 21 heavy (non-hydrogen) atoms. The van der Waals surface area contributed by atoms with E-state index in [0.717, 1.165) is 24.4 Å². The van der Waals surface area contributed by atoms with E-state index in [9.17, 15) is 0 Å². The maximum atomic E-state index is 6.01. The van der Waals surface area contributed by atoms with Gasteiger partial charge in [0, 0.05) is 17.1 Å². The van der Waals surface area contributed by atoms with Crippen LogP contribution in [0.4, 0.5) is 0 Å². The van der Waals surface area contributed by atoms with Gasteiger partial charge in [-0.05, 0) is 79.6 Å². The van der Waals surface area contributed by atoms with Crippen molar-refractivity contribution in [1.29, 1.82) is 0 Å². The first kappa shape index (κ1) is 16.5. The highest BCUT2D eigenvalue weighted by molar-refractivity contribution is 7.07. The van der Waals surface area contributed by atoms with Crippen molar-refractivity contribution in [2.45, 2.75) is 45.1 Å². The number of benzene rings is 1. The van der Waals surface area contributed by atoms with Gasteiger partial charge in [0.2, 0.25) is 0 Å². The maximum absolute atomic E-state index is 6.01. The van der Waals surface area contributed by atoms with Crippen molar-refractivity contribution in [3.8, 4) is 0 Å². The Morgan fingerprint density at radius 1 is 1.14 bits per heavy atom. The summed E-state index contributed by atoms with van der Waals surface area (Å²) in [4.78, 5) is 0. The molecule has 1 aromatic heterocycles. The highest BCUT2D eigenvalue weighted by Crippen LogP contribution is 2.24. The Labute approximate surface area is 137 Å². The molecule has 1 aromatic carbocycles. The molecule has 114 valence electrons. The smallest absolute Gasteiger partial charge is 0.0406 e. The van der Waals surface area contributed by atoms with Crippen LogP contribution in [0, 0.1) is 0 Å². The lowest BCUT2D eigenvalue weighted by atomic mass is 9.92. The number of thiophene rings is 1. The molecule has 1 unspecified atom stereocenters. The van der Waals surface area contributed by atoms with Gasteiger partial charge in [-0.3, -0.25) is 0 Å². The van der Waals surface area contributed by atoms with Crippen LogP contribution in [-0.4, -0.2) is 12.1 Å². The van der Waals surface area contributed by atoms with Gasteiger partial charge in [-0.1, -0.05) is 23.7 Å². The predicted octanol–water partition coefficient (Wildman–Crippen LogP) is 5.51. The quantitative estimate of drug-likeness (QED) is 0.740. The zero-order valence-corrected chi connectivity index (χ0v) is 14.6. The molecule has 0 fully saturated rings. The Balaban J connectivity index is 2.03. The average molecular weight is 322 g/mol. The fourth-order valence-corrected chi connectivity index (χ4v) is 3.16. The van der Waals surface area contributed by atoms with Crippen LogP contribution in [0.25, 0.3) is 0 Å². The van der Waals surface area contributed by atoms with Gasteiger partial charge in [0.15, 0.2) is 0 Å².